The van der Waals surface area contributed by atoms with Gasteiger partial charge in [-0.2, -0.15) is 0 Å². The van der Waals surface area contributed by atoms with Gasteiger partial charge in [-0.05, 0) is 45.2 Å². The fourth-order valence-corrected chi connectivity index (χ4v) is 4.95. The largest absolute Gasteiger partial charge is 0.502 e. The maximum absolute atomic E-state index is 13.1. The number of rotatable bonds is 5. The summed E-state index contributed by atoms with van der Waals surface area (Å²) in [6.07, 6.45) is 5.98. The Labute approximate surface area is 165 Å². The van der Waals surface area contributed by atoms with Crippen molar-refractivity contribution in [1.82, 2.24) is 14.8 Å². The summed E-state index contributed by atoms with van der Waals surface area (Å²) in [6.45, 7) is 2.59. The third-order valence-corrected chi connectivity index (χ3v) is 6.54. The number of amides is 1. The molecular weight excluding hydrogens is 354 g/mol. The topological polar surface area (TPSA) is 74.6 Å². The molecule has 0 saturated carbocycles. The van der Waals surface area contributed by atoms with Gasteiger partial charge < -0.3 is 19.9 Å². The molecule has 2 aromatic rings. The molecule has 0 spiro atoms. The van der Waals surface area contributed by atoms with E-state index in [-0.39, 0.29) is 17.5 Å². The molecule has 3 heterocycles. The molecule has 2 fully saturated rings. The highest BCUT2D eigenvalue weighted by molar-refractivity contribution is 6.08. The molecule has 150 valence electrons. The molecule has 0 radical (unpaired) electrons. The van der Waals surface area contributed by atoms with Crippen molar-refractivity contribution in [3.8, 4) is 5.75 Å². The summed E-state index contributed by atoms with van der Waals surface area (Å²) in [5.74, 6) is -0.786. The van der Waals surface area contributed by atoms with Crippen molar-refractivity contribution in [2.24, 2.45) is 0 Å². The number of aromatic nitrogens is 1. The number of aromatic hydroxyl groups is 1. The van der Waals surface area contributed by atoms with Crippen molar-refractivity contribution in [2.45, 2.75) is 70.1 Å². The Morgan fingerprint density at radius 1 is 1.21 bits per heavy atom. The lowest BCUT2D eigenvalue weighted by Crippen LogP contribution is -2.48. The Kier molecular flexibility index (Phi) is 5.15. The van der Waals surface area contributed by atoms with Crippen LogP contribution in [0.25, 0.3) is 10.9 Å². The van der Waals surface area contributed by atoms with E-state index < -0.39 is 11.3 Å². The third-order valence-electron chi connectivity index (χ3n) is 6.54. The van der Waals surface area contributed by atoms with Crippen LogP contribution < -0.4 is 10.9 Å². The zero-order valence-corrected chi connectivity index (χ0v) is 16.6. The predicted octanol–water partition coefficient (Wildman–Crippen LogP) is 2.86. The van der Waals surface area contributed by atoms with Crippen molar-refractivity contribution in [3.05, 3.63) is 40.2 Å². The minimum atomic E-state index is -0.485. The van der Waals surface area contributed by atoms with Gasteiger partial charge in [-0.15, -0.1) is 0 Å². The lowest BCUT2D eigenvalue weighted by Gasteiger charge is -2.36. The average molecular weight is 383 g/mol. The van der Waals surface area contributed by atoms with E-state index in [1.165, 1.54) is 12.8 Å². The van der Waals surface area contributed by atoms with Crippen LogP contribution in [0.4, 0.5) is 0 Å². The summed E-state index contributed by atoms with van der Waals surface area (Å²) in [6, 6.07) is 8.46. The molecule has 1 amide bonds. The van der Waals surface area contributed by atoms with E-state index in [2.05, 4.69) is 24.2 Å². The highest BCUT2D eigenvalue weighted by atomic mass is 16.3. The van der Waals surface area contributed by atoms with Crippen molar-refractivity contribution in [2.75, 3.05) is 7.05 Å². The van der Waals surface area contributed by atoms with Crippen LogP contribution >= 0.6 is 0 Å². The first-order chi connectivity index (χ1) is 13.5. The molecule has 2 aliphatic heterocycles. The number of hydrogen-bond donors (Lipinski definition) is 2. The van der Waals surface area contributed by atoms with Gasteiger partial charge in [0.25, 0.3) is 11.5 Å². The number of nitrogens with zero attached hydrogens (tertiary/aromatic N) is 2. The SMILES string of the molecule is CCCCn1c(=O)c(O)c(C(=O)NC2CC3CCC(C2)N3C)c2ccccc21. The number of carbonyl (C=O) groups excluding carboxylic acids is 1. The first-order valence-electron chi connectivity index (χ1n) is 10.4. The summed E-state index contributed by atoms with van der Waals surface area (Å²) >= 11 is 0. The molecule has 1 aromatic heterocycles. The van der Waals surface area contributed by atoms with Gasteiger partial charge in [0.1, 0.15) is 0 Å². The van der Waals surface area contributed by atoms with Gasteiger partial charge in [-0.3, -0.25) is 9.59 Å². The Morgan fingerprint density at radius 3 is 2.57 bits per heavy atom. The molecule has 2 atom stereocenters. The van der Waals surface area contributed by atoms with Crippen molar-refractivity contribution in [1.29, 1.82) is 0 Å². The van der Waals surface area contributed by atoms with Crippen molar-refractivity contribution in [3.63, 3.8) is 0 Å². The number of fused-ring (bicyclic) bond motifs is 3. The number of pyridine rings is 1. The maximum Gasteiger partial charge on any atom is 0.293 e. The zero-order valence-electron chi connectivity index (χ0n) is 16.6. The molecule has 2 bridgehead atoms. The van der Waals surface area contributed by atoms with E-state index in [0.717, 1.165) is 25.7 Å². The number of nitrogens with one attached hydrogen (secondary N) is 1. The molecule has 2 N–H and O–H groups in total. The van der Waals surface area contributed by atoms with Crippen LogP contribution in [0.15, 0.2) is 29.1 Å². The zero-order chi connectivity index (χ0) is 19.8. The van der Waals surface area contributed by atoms with Gasteiger partial charge in [0.05, 0.1) is 11.1 Å². The molecule has 6 nitrogen and oxygen atoms in total. The van der Waals surface area contributed by atoms with E-state index in [0.29, 0.717) is 29.5 Å². The van der Waals surface area contributed by atoms with Gasteiger partial charge >= 0.3 is 0 Å². The monoisotopic (exact) mass is 383 g/mol. The lowest BCUT2D eigenvalue weighted by molar-refractivity contribution is 0.0881. The number of para-hydroxylation sites is 1. The third kappa shape index (κ3) is 3.20. The molecule has 2 unspecified atom stereocenters. The molecule has 6 heteroatoms. The van der Waals surface area contributed by atoms with Gasteiger partial charge in [-0.1, -0.05) is 31.5 Å². The Morgan fingerprint density at radius 2 is 1.89 bits per heavy atom. The van der Waals surface area contributed by atoms with Crippen molar-refractivity contribution >= 4 is 16.8 Å². The lowest BCUT2D eigenvalue weighted by atomic mass is 9.97. The minimum Gasteiger partial charge on any atom is -0.502 e. The van der Waals surface area contributed by atoms with Crippen LogP contribution in [-0.2, 0) is 6.54 Å². The number of carbonyl (C=O) groups is 1. The average Bonchev–Trinajstić information content (AvgIpc) is 2.89. The number of benzene rings is 1. The van der Waals surface area contributed by atoms with Gasteiger partial charge in [0.15, 0.2) is 5.75 Å². The first-order valence-corrected chi connectivity index (χ1v) is 10.4. The van der Waals surface area contributed by atoms with Gasteiger partial charge in [-0.25, -0.2) is 0 Å². The highest BCUT2D eigenvalue weighted by Crippen LogP contribution is 2.34. The van der Waals surface area contributed by atoms with Crippen LogP contribution in [-0.4, -0.2) is 45.7 Å². The fourth-order valence-electron chi connectivity index (χ4n) is 4.95. The first kappa shape index (κ1) is 19.0. The van der Waals surface area contributed by atoms with E-state index in [4.69, 9.17) is 0 Å². The van der Waals surface area contributed by atoms with Crippen LogP contribution in [0.5, 0.6) is 5.75 Å². The predicted molar refractivity (Wildman–Crippen MR) is 110 cm³/mol. The highest BCUT2D eigenvalue weighted by Gasteiger charge is 2.39. The maximum atomic E-state index is 13.1. The van der Waals surface area contributed by atoms with Crippen LogP contribution in [0.3, 0.4) is 0 Å². The quantitative estimate of drug-likeness (QED) is 0.833. The summed E-state index contributed by atoms with van der Waals surface area (Å²) in [5.41, 5.74) is 0.327. The van der Waals surface area contributed by atoms with Crippen LogP contribution in [0, 0.1) is 0 Å². The molecule has 0 aliphatic carbocycles. The Balaban J connectivity index is 1.68. The number of unbranched alkanes of at least 4 members (excludes halogenated alkanes) is 1. The van der Waals surface area contributed by atoms with E-state index >= 15 is 0 Å². The fraction of sp³-hybridized carbons (Fsp3) is 0.545. The molecule has 1 aromatic carbocycles. The molecule has 28 heavy (non-hydrogen) atoms. The molecular formula is C22H29N3O3. The number of hydrogen-bond acceptors (Lipinski definition) is 4. The smallest absolute Gasteiger partial charge is 0.293 e. The second-order valence-electron chi connectivity index (χ2n) is 8.24. The normalized spacial score (nSPS) is 24.6. The Bertz CT molecular complexity index is 938. The summed E-state index contributed by atoms with van der Waals surface area (Å²) in [4.78, 5) is 28.3. The standard InChI is InChI=1S/C22H29N3O3/c1-3-4-11-25-18-8-6-5-7-17(18)19(20(26)22(25)28)21(27)23-14-12-15-9-10-16(13-14)24(15)2/h5-8,14-16,26H,3-4,9-13H2,1-2H3,(H,23,27). The summed E-state index contributed by atoms with van der Waals surface area (Å²) in [7, 11) is 2.16. The number of aryl methyl sites for hydroxylation is 1. The van der Waals surface area contributed by atoms with Crippen LogP contribution in [0.1, 0.15) is 55.8 Å². The van der Waals surface area contributed by atoms with E-state index in [1.807, 2.05) is 24.3 Å². The van der Waals surface area contributed by atoms with Gasteiger partial charge in [0.2, 0.25) is 0 Å². The van der Waals surface area contributed by atoms with Crippen LogP contribution in [0.2, 0.25) is 0 Å². The molecule has 2 saturated heterocycles. The summed E-state index contributed by atoms with van der Waals surface area (Å²) in [5, 5.41) is 14.4. The Hall–Kier alpha value is -2.34. The van der Waals surface area contributed by atoms with E-state index in [9.17, 15) is 14.7 Å². The molecule has 2 aliphatic rings. The second kappa shape index (κ2) is 7.59. The minimum absolute atomic E-state index is 0.0851. The van der Waals surface area contributed by atoms with E-state index in [1.54, 1.807) is 4.57 Å². The number of piperidine rings is 1. The van der Waals surface area contributed by atoms with Gasteiger partial charge in [0, 0.05) is 30.1 Å². The molecule has 4 rings (SSSR count). The summed E-state index contributed by atoms with van der Waals surface area (Å²) < 4.78 is 1.58. The second-order valence-corrected chi connectivity index (χ2v) is 8.24. The van der Waals surface area contributed by atoms with Crippen molar-refractivity contribution < 1.29 is 9.90 Å².